The number of amides is 1. The van der Waals surface area contributed by atoms with E-state index in [1.165, 1.54) is 12.1 Å². The summed E-state index contributed by atoms with van der Waals surface area (Å²) in [5.41, 5.74) is 0.962. The number of anilines is 1. The van der Waals surface area contributed by atoms with Crippen molar-refractivity contribution in [1.82, 2.24) is 0 Å². The lowest BCUT2D eigenvalue weighted by Crippen LogP contribution is -2.47. The van der Waals surface area contributed by atoms with Gasteiger partial charge in [-0.15, -0.1) is 0 Å². The second kappa shape index (κ2) is 6.69. The van der Waals surface area contributed by atoms with E-state index in [0.717, 1.165) is 0 Å². The van der Waals surface area contributed by atoms with Crippen LogP contribution in [0.2, 0.25) is 0 Å². The second-order valence-corrected chi connectivity index (χ2v) is 8.42. The van der Waals surface area contributed by atoms with E-state index in [0.29, 0.717) is 36.9 Å². The van der Waals surface area contributed by atoms with Gasteiger partial charge in [0.05, 0.1) is 16.5 Å². The summed E-state index contributed by atoms with van der Waals surface area (Å²) >= 11 is 0. The summed E-state index contributed by atoms with van der Waals surface area (Å²) in [4.78, 5) is 13.1. The number of benzene rings is 2. The standard InChI is InChI=1S/C19H18N2O3S/c20-14-15-8-10-16(11-9-15)21-18(22)19(12-4-5-13-19)25(23,24)17-6-2-1-3-7-17/h1-3,6-11H,4-5,12-13H2,(H,21,22). The Hall–Kier alpha value is -2.65. The van der Waals surface area contributed by atoms with Crippen LogP contribution in [0, 0.1) is 11.3 Å². The molecule has 3 rings (SSSR count). The quantitative estimate of drug-likeness (QED) is 0.913. The number of nitriles is 1. The van der Waals surface area contributed by atoms with Gasteiger partial charge >= 0.3 is 0 Å². The van der Waals surface area contributed by atoms with Crippen LogP contribution in [0.1, 0.15) is 31.2 Å². The lowest BCUT2D eigenvalue weighted by atomic mass is 10.1. The highest BCUT2D eigenvalue weighted by atomic mass is 32.2. The lowest BCUT2D eigenvalue weighted by Gasteiger charge is -2.27. The van der Waals surface area contributed by atoms with Gasteiger partial charge in [-0.05, 0) is 49.2 Å². The summed E-state index contributed by atoms with van der Waals surface area (Å²) in [5.74, 6) is -0.501. The smallest absolute Gasteiger partial charge is 0.246 e. The minimum Gasteiger partial charge on any atom is -0.325 e. The van der Waals surface area contributed by atoms with Gasteiger partial charge in [-0.25, -0.2) is 8.42 Å². The molecule has 0 atom stereocenters. The Labute approximate surface area is 147 Å². The third-order valence-electron chi connectivity index (χ3n) is 4.66. The van der Waals surface area contributed by atoms with Crippen LogP contribution in [0.15, 0.2) is 59.5 Å². The molecule has 0 heterocycles. The number of sulfone groups is 1. The minimum absolute atomic E-state index is 0.173. The zero-order valence-corrected chi connectivity index (χ0v) is 14.4. The Morgan fingerprint density at radius 2 is 1.60 bits per heavy atom. The van der Waals surface area contributed by atoms with Crippen molar-refractivity contribution in [2.75, 3.05) is 5.32 Å². The molecule has 0 bridgehead atoms. The maximum absolute atomic E-state index is 13.2. The van der Waals surface area contributed by atoms with Gasteiger partial charge in [0.15, 0.2) is 14.6 Å². The van der Waals surface area contributed by atoms with Crippen LogP contribution in [0.25, 0.3) is 0 Å². The molecule has 0 aliphatic heterocycles. The van der Waals surface area contributed by atoms with E-state index in [9.17, 15) is 13.2 Å². The number of nitrogens with one attached hydrogen (secondary N) is 1. The fourth-order valence-corrected chi connectivity index (χ4v) is 5.35. The van der Waals surface area contributed by atoms with Crippen molar-refractivity contribution >= 4 is 21.4 Å². The van der Waals surface area contributed by atoms with Crippen molar-refractivity contribution in [2.24, 2.45) is 0 Å². The molecule has 1 aliphatic rings. The van der Waals surface area contributed by atoms with Crippen LogP contribution >= 0.6 is 0 Å². The van der Waals surface area contributed by atoms with Crippen molar-refractivity contribution in [1.29, 1.82) is 5.26 Å². The van der Waals surface area contributed by atoms with Gasteiger partial charge in [0.1, 0.15) is 0 Å². The van der Waals surface area contributed by atoms with E-state index in [1.807, 2.05) is 6.07 Å². The summed E-state index contributed by atoms with van der Waals surface area (Å²) in [7, 11) is -3.80. The second-order valence-electron chi connectivity index (χ2n) is 6.16. The fraction of sp³-hybridized carbons (Fsp3) is 0.263. The van der Waals surface area contributed by atoms with E-state index < -0.39 is 20.5 Å². The number of nitrogens with zero attached hydrogens (tertiary/aromatic N) is 1. The molecule has 2 aromatic rings. The molecule has 5 nitrogen and oxygen atoms in total. The lowest BCUT2D eigenvalue weighted by molar-refractivity contribution is -0.118. The van der Waals surface area contributed by atoms with Crippen molar-refractivity contribution in [3.05, 3.63) is 60.2 Å². The molecule has 128 valence electrons. The monoisotopic (exact) mass is 354 g/mol. The number of hydrogen-bond donors (Lipinski definition) is 1. The Balaban J connectivity index is 1.94. The largest absolute Gasteiger partial charge is 0.325 e. The Bertz CT molecular complexity index is 907. The highest BCUT2D eigenvalue weighted by Gasteiger charge is 2.52. The molecule has 1 aliphatic carbocycles. The van der Waals surface area contributed by atoms with Crippen molar-refractivity contribution in [2.45, 2.75) is 35.3 Å². The summed E-state index contributed by atoms with van der Waals surface area (Å²) in [6.07, 6.45) is 2.03. The van der Waals surface area contributed by atoms with Gasteiger partial charge < -0.3 is 5.32 Å². The van der Waals surface area contributed by atoms with E-state index in [-0.39, 0.29) is 4.90 Å². The van der Waals surface area contributed by atoms with Crippen LogP contribution in [0.3, 0.4) is 0 Å². The third-order valence-corrected chi connectivity index (χ3v) is 7.18. The van der Waals surface area contributed by atoms with Gasteiger partial charge in [0.2, 0.25) is 5.91 Å². The number of carbonyl (C=O) groups excluding carboxylic acids is 1. The average molecular weight is 354 g/mol. The molecule has 25 heavy (non-hydrogen) atoms. The third kappa shape index (κ3) is 3.03. The van der Waals surface area contributed by atoms with Crippen LogP contribution in [0.5, 0.6) is 0 Å². The van der Waals surface area contributed by atoms with Gasteiger partial charge in [-0.1, -0.05) is 31.0 Å². The Morgan fingerprint density at radius 1 is 1.00 bits per heavy atom. The molecule has 0 unspecified atom stereocenters. The molecule has 2 aromatic carbocycles. The van der Waals surface area contributed by atoms with Crippen molar-refractivity contribution < 1.29 is 13.2 Å². The molecule has 1 saturated carbocycles. The van der Waals surface area contributed by atoms with Gasteiger partial charge in [-0.3, -0.25) is 4.79 Å². The Kier molecular flexibility index (Phi) is 4.60. The number of hydrogen-bond acceptors (Lipinski definition) is 4. The van der Waals surface area contributed by atoms with Crippen LogP contribution in [-0.2, 0) is 14.6 Å². The average Bonchev–Trinajstić information content (AvgIpc) is 3.15. The van der Waals surface area contributed by atoms with Crippen LogP contribution < -0.4 is 5.32 Å². The van der Waals surface area contributed by atoms with Gasteiger partial charge in [0, 0.05) is 5.69 Å². The molecular formula is C19H18N2O3S. The maximum Gasteiger partial charge on any atom is 0.246 e. The molecule has 1 fully saturated rings. The van der Waals surface area contributed by atoms with Gasteiger partial charge in [0.25, 0.3) is 0 Å². The fourth-order valence-electron chi connectivity index (χ4n) is 3.26. The summed E-state index contributed by atoms with van der Waals surface area (Å²) in [6.45, 7) is 0. The predicted molar refractivity (Wildman–Crippen MR) is 94.6 cm³/mol. The predicted octanol–water partition coefficient (Wildman–Crippen LogP) is 3.28. The first kappa shape index (κ1) is 17.2. The molecule has 1 N–H and O–H groups in total. The Morgan fingerprint density at radius 3 is 2.16 bits per heavy atom. The zero-order chi connectivity index (χ0) is 17.9. The van der Waals surface area contributed by atoms with Crippen molar-refractivity contribution in [3.8, 4) is 6.07 Å². The summed E-state index contributed by atoms with van der Waals surface area (Å²) in [6, 6.07) is 16.5. The molecule has 0 aromatic heterocycles. The van der Waals surface area contributed by atoms with Crippen molar-refractivity contribution in [3.63, 3.8) is 0 Å². The maximum atomic E-state index is 13.2. The minimum atomic E-state index is -3.80. The number of rotatable bonds is 4. The molecule has 6 heteroatoms. The highest BCUT2D eigenvalue weighted by Crippen LogP contribution is 2.41. The van der Waals surface area contributed by atoms with Gasteiger partial charge in [-0.2, -0.15) is 5.26 Å². The normalized spacial score (nSPS) is 16.1. The SMILES string of the molecule is N#Cc1ccc(NC(=O)C2(S(=O)(=O)c3ccccc3)CCCC2)cc1. The van der Waals surface area contributed by atoms with Crippen LogP contribution in [-0.4, -0.2) is 19.1 Å². The topological polar surface area (TPSA) is 87.0 Å². The summed E-state index contributed by atoms with van der Waals surface area (Å²) < 4.78 is 24.9. The first-order valence-corrected chi connectivity index (χ1v) is 9.59. The van der Waals surface area contributed by atoms with Crippen LogP contribution in [0.4, 0.5) is 5.69 Å². The molecule has 0 saturated heterocycles. The van der Waals surface area contributed by atoms with E-state index in [4.69, 9.17) is 5.26 Å². The molecule has 1 amide bonds. The van der Waals surface area contributed by atoms with E-state index >= 15 is 0 Å². The first-order valence-electron chi connectivity index (χ1n) is 8.11. The first-order chi connectivity index (χ1) is 12.0. The van der Waals surface area contributed by atoms with E-state index in [2.05, 4.69) is 5.32 Å². The molecule has 0 radical (unpaired) electrons. The highest BCUT2D eigenvalue weighted by molar-refractivity contribution is 7.93. The number of carbonyl (C=O) groups is 1. The van der Waals surface area contributed by atoms with E-state index in [1.54, 1.807) is 42.5 Å². The molecule has 0 spiro atoms. The zero-order valence-electron chi connectivity index (χ0n) is 13.6. The summed E-state index contributed by atoms with van der Waals surface area (Å²) in [5, 5.41) is 11.6. The molecular weight excluding hydrogens is 336 g/mol.